The van der Waals surface area contributed by atoms with Crippen molar-refractivity contribution in [2.24, 2.45) is 5.92 Å². The lowest BCUT2D eigenvalue weighted by Crippen LogP contribution is -2.41. The molecule has 0 aromatic rings. The third kappa shape index (κ3) is 3.49. The number of hydrogen-bond donors (Lipinski definition) is 2. The first kappa shape index (κ1) is 13.0. The number of nitrogens with one attached hydrogen (secondary N) is 1. The van der Waals surface area contributed by atoms with Gasteiger partial charge in [0.25, 0.3) is 0 Å². The summed E-state index contributed by atoms with van der Waals surface area (Å²) in [6.07, 6.45) is 6.88. The van der Waals surface area contributed by atoms with E-state index in [2.05, 4.69) is 18.3 Å². The average Bonchev–Trinajstić information content (AvgIpc) is 2.28. The summed E-state index contributed by atoms with van der Waals surface area (Å²) in [6, 6.07) is -0.239. The van der Waals surface area contributed by atoms with Crippen molar-refractivity contribution in [3.8, 4) is 0 Å². The van der Waals surface area contributed by atoms with E-state index in [9.17, 15) is 9.90 Å². The van der Waals surface area contributed by atoms with E-state index in [1.54, 1.807) is 6.92 Å². The number of hydrogen-bond acceptors (Lipinski definition) is 2. The summed E-state index contributed by atoms with van der Waals surface area (Å²) in [4.78, 5) is 11.2. The molecule has 1 aliphatic carbocycles. The molecule has 90 valence electrons. The first-order valence-corrected chi connectivity index (χ1v) is 5.90. The molecule has 0 radical (unpaired) electrons. The van der Waals surface area contributed by atoms with Crippen LogP contribution < -0.4 is 5.32 Å². The van der Waals surface area contributed by atoms with Crippen LogP contribution in [0.1, 0.15) is 33.6 Å². The van der Waals surface area contributed by atoms with Gasteiger partial charge in [-0.1, -0.05) is 32.1 Å². The molecule has 0 heterocycles. The third-order valence-electron chi connectivity index (χ3n) is 2.87. The average molecular weight is 223 g/mol. The minimum atomic E-state index is -0.612. The molecule has 1 amide bonds. The highest BCUT2D eigenvalue weighted by Crippen LogP contribution is 2.19. The second kappa shape index (κ2) is 5.85. The zero-order valence-electron chi connectivity index (χ0n) is 10.2. The van der Waals surface area contributed by atoms with Gasteiger partial charge in [-0.05, 0) is 24.8 Å². The zero-order chi connectivity index (χ0) is 12.1. The lowest BCUT2D eigenvalue weighted by molar-refractivity contribution is -0.121. The van der Waals surface area contributed by atoms with Crippen molar-refractivity contribution < 1.29 is 9.90 Å². The van der Waals surface area contributed by atoms with Crippen molar-refractivity contribution >= 4 is 5.91 Å². The molecule has 0 aromatic heterocycles. The Bertz CT molecular complexity index is 307. The predicted molar refractivity (Wildman–Crippen MR) is 64.9 cm³/mol. The fourth-order valence-corrected chi connectivity index (χ4v) is 1.69. The molecular formula is C13H21NO2. The summed E-state index contributed by atoms with van der Waals surface area (Å²) < 4.78 is 0. The molecule has 3 nitrogen and oxygen atoms in total. The van der Waals surface area contributed by atoms with E-state index in [0.717, 1.165) is 12.0 Å². The predicted octanol–water partition coefficient (Wildman–Crippen LogP) is 1.78. The molecular weight excluding hydrogens is 202 g/mol. The van der Waals surface area contributed by atoms with Crippen LogP contribution in [-0.4, -0.2) is 23.2 Å². The maximum atomic E-state index is 11.2. The highest BCUT2D eigenvalue weighted by Gasteiger charge is 2.19. The molecule has 3 unspecified atom stereocenters. The van der Waals surface area contributed by atoms with Gasteiger partial charge in [0, 0.05) is 6.42 Å². The van der Waals surface area contributed by atoms with Crippen molar-refractivity contribution in [2.45, 2.75) is 45.8 Å². The summed E-state index contributed by atoms with van der Waals surface area (Å²) >= 11 is 0. The second-order valence-electron chi connectivity index (χ2n) is 4.43. The highest BCUT2D eigenvalue weighted by atomic mass is 16.3. The van der Waals surface area contributed by atoms with E-state index < -0.39 is 6.10 Å². The van der Waals surface area contributed by atoms with Gasteiger partial charge in [0.05, 0.1) is 12.1 Å². The number of aliphatic hydroxyl groups is 1. The summed E-state index contributed by atoms with van der Waals surface area (Å²) in [5, 5.41) is 12.8. The molecule has 0 aliphatic heterocycles. The Balaban J connectivity index is 2.54. The molecule has 0 aromatic carbocycles. The number of allylic oxidation sites excluding steroid dienone is 2. The van der Waals surface area contributed by atoms with Crippen LogP contribution in [0.15, 0.2) is 23.8 Å². The summed E-state index contributed by atoms with van der Waals surface area (Å²) in [5.41, 5.74) is 0.905. The highest BCUT2D eigenvalue weighted by molar-refractivity contribution is 5.75. The Kier molecular flexibility index (Phi) is 4.74. The Morgan fingerprint density at radius 3 is 2.88 bits per heavy atom. The van der Waals surface area contributed by atoms with Crippen LogP contribution in [0.2, 0.25) is 0 Å². The first-order valence-electron chi connectivity index (χ1n) is 5.90. The van der Waals surface area contributed by atoms with Gasteiger partial charge in [-0.2, -0.15) is 0 Å². The van der Waals surface area contributed by atoms with E-state index >= 15 is 0 Å². The fourth-order valence-electron chi connectivity index (χ4n) is 1.69. The number of carbonyl (C=O) groups is 1. The summed E-state index contributed by atoms with van der Waals surface area (Å²) in [6.45, 7) is 5.76. The topological polar surface area (TPSA) is 49.3 Å². The van der Waals surface area contributed by atoms with Crippen molar-refractivity contribution in [3.05, 3.63) is 23.8 Å². The molecule has 3 atom stereocenters. The van der Waals surface area contributed by atoms with Crippen LogP contribution >= 0.6 is 0 Å². The Labute approximate surface area is 97.2 Å². The maximum absolute atomic E-state index is 11.2. The van der Waals surface area contributed by atoms with Crippen LogP contribution in [0.4, 0.5) is 0 Å². The smallest absolute Gasteiger partial charge is 0.220 e. The molecule has 0 saturated carbocycles. The van der Waals surface area contributed by atoms with Crippen molar-refractivity contribution in [2.75, 3.05) is 0 Å². The van der Waals surface area contributed by atoms with Gasteiger partial charge in [-0.15, -0.1) is 0 Å². The lowest BCUT2D eigenvalue weighted by Gasteiger charge is -2.23. The van der Waals surface area contributed by atoms with Crippen LogP contribution in [-0.2, 0) is 4.79 Å². The molecule has 2 N–H and O–H groups in total. The Hall–Kier alpha value is -1.09. The molecule has 16 heavy (non-hydrogen) atoms. The van der Waals surface area contributed by atoms with Crippen molar-refractivity contribution in [1.82, 2.24) is 5.32 Å². The molecule has 0 spiro atoms. The summed E-state index contributed by atoms with van der Waals surface area (Å²) in [7, 11) is 0. The lowest BCUT2D eigenvalue weighted by atomic mass is 9.93. The zero-order valence-corrected chi connectivity index (χ0v) is 10.2. The van der Waals surface area contributed by atoms with Crippen molar-refractivity contribution in [1.29, 1.82) is 0 Å². The summed E-state index contributed by atoms with van der Waals surface area (Å²) in [5.74, 6) is 0.511. The van der Waals surface area contributed by atoms with Gasteiger partial charge >= 0.3 is 0 Å². The Morgan fingerprint density at radius 1 is 1.69 bits per heavy atom. The van der Waals surface area contributed by atoms with E-state index in [1.165, 1.54) is 0 Å². The van der Waals surface area contributed by atoms with Crippen molar-refractivity contribution in [3.63, 3.8) is 0 Å². The SMILES string of the molecule is CCC(=O)NC(C)C(O)C1=CCC(C)C=C1. The van der Waals surface area contributed by atoms with Crippen LogP contribution in [0.25, 0.3) is 0 Å². The largest absolute Gasteiger partial charge is 0.386 e. The fraction of sp³-hybridized carbons (Fsp3) is 0.615. The number of carbonyl (C=O) groups excluding carboxylic acids is 1. The first-order chi connectivity index (χ1) is 7.54. The minimum Gasteiger partial charge on any atom is -0.386 e. The number of rotatable bonds is 4. The normalized spacial score (nSPS) is 23.5. The molecule has 0 bridgehead atoms. The van der Waals surface area contributed by atoms with Crippen LogP contribution in [0.5, 0.6) is 0 Å². The molecule has 0 saturated heterocycles. The van der Waals surface area contributed by atoms with Gasteiger partial charge in [-0.25, -0.2) is 0 Å². The van der Waals surface area contributed by atoms with E-state index in [4.69, 9.17) is 0 Å². The van der Waals surface area contributed by atoms with Gasteiger partial charge in [-0.3, -0.25) is 4.79 Å². The van der Waals surface area contributed by atoms with E-state index in [0.29, 0.717) is 12.3 Å². The second-order valence-corrected chi connectivity index (χ2v) is 4.43. The quantitative estimate of drug-likeness (QED) is 0.763. The minimum absolute atomic E-state index is 0.0275. The van der Waals surface area contributed by atoms with Gasteiger partial charge in [0.2, 0.25) is 5.91 Å². The molecule has 3 heteroatoms. The maximum Gasteiger partial charge on any atom is 0.220 e. The van der Waals surface area contributed by atoms with Gasteiger partial charge in [0.15, 0.2) is 0 Å². The van der Waals surface area contributed by atoms with Gasteiger partial charge in [0.1, 0.15) is 0 Å². The van der Waals surface area contributed by atoms with Crippen LogP contribution in [0, 0.1) is 5.92 Å². The number of amides is 1. The standard InChI is InChI=1S/C13H21NO2/c1-4-12(15)14-10(3)13(16)11-7-5-9(2)6-8-11/h5,7-10,13,16H,4,6H2,1-3H3,(H,14,15). The molecule has 0 fully saturated rings. The Morgan fingerprint density at radius 2 is 2.38 bits per heavy atom. The van der Waals surface area contributed by atoms with E-state index in [1.807, 2.05) is 19.1 Å². The monoisotopic (exact) mass is 223 g/mol. The van der Waals surface area contributed by atoms with E-state index in [-0.39, 0.29) is 11.9 Å². The third-order valence-corrected chi connectivity index (χ3v) is 2.87. The van der Waals surface area contributed by atoms with Crippen LogP contribution in [0.3, 0.4) is 0 Å². The van der Waals surface area contributed by atoms with Gasteiger partial charge < -0.3 is 10.4 Å². The molecule has 1 rings (SSSR count). The number of aliphatic hydroxyl groups excluding tert-OH is 1. The molecule has 1 aliphatic rings.